The van der Waals surface area contributed by atoms with Gasteiger partial charge in [0.2, 0.25) is 0 Å². The molecule has 5 heteroatoms. The third-order valence-electron chi connectivity index (χ3n) is 1.66. The second-order valence-corrected chi connectivity index (χ2v) is 3.27. The first kappa shape index (κ1) is 13.2. The van der Waals surface area contributed by atoms with Crippen molar-refractivity contribution >= 4 is 23.3 Å². The van der Waals surface area contributed by atoms with Crippen molar-refractivity contribution in [1.29, 1.82) is 0 Å². The topological polar surface area (TPSA) is 50.4 Å². The maximum absolute atomic E-state index is 10.7. The van der Waals surface area contributed by atoms with Gasteiger partial charge < -0.3 is 15.4 Å². The molecule has 0 aromatic carbocycles. The average molecular weight is 218 g/mol. The van der Waals surface area contributed by atoms with Crippen LogP contribution in [0.1, 0.15) is 26.2 Å². The van der Waals surface area contributed by atoms with Gasteiger partial charge in [0, 0.05) is 13.1 Å². The number of carbonyl (C=O) groups excluding carboxylic acids is 1. The predicted octanol–water partition coefficient (Wildman–Crippen LogP) is 0.814. The summed E-state index contributed by atoms with van der Waals surface area (Å²) in [5.74, 6) is -0.228. The SMILES string of the molecule is CCCCNC(=S)NCCC(=O)OC. The Morgan fingerprint density at radius 2 is 2.00 bits per heavy atom. The van der Waals surface area contributed by atoms with Crippen molar-refractivity contribution in [3.05, 3.63) is 0 Å². The maximum atomic E-state index is 10.7. The highest BCUT2D eigenvalue weighted by Crippen LogP contribution is 1.83. The highest BCUT2D eigenvalue weighted by atomic mass is 32.1. The Kier molecular flexibility index (Phi) is 8.22. The van der Waals surface area contributed by atoms with Gasteiger partial charge in [-0.25, -0.2) is 0 Å². The number of carbonyl (C=O) groups is 1. The lowest BCUT2D eigenvalue weighted by Crippen LogP contribution is -2.36. The Balaban J connectivity index is 3.31. The predicted molar refractivity (Wildman–Crippen MR) is 60.1 cm³/mol. The average Bonchev–Trinajstić information content (AvgIpc) is 2.18. The molecule has 2 N–H and O–H groups in total. The van der Waals surface area contributed by atoms with E-state index in [0.717, 1.165) is 19.4 Å². The van der Waals surface area contributed by atoms with E-state index >= 15 is 0 Å². The van der Waals surface area contributed by atoms with Crippen LogP contribution in [0.4, 0.5) is 0 Å². The summed E-state index contributed by atoms with van der Waals surface area (Å²) in [4.78, 5) is 10.7. The quantitative estimate of drug-likeness (QED) is 0.392. The zero-order chi connectivity index (χ0) is 10.8. The van der Waals surface area contributed by atoms with E-state index in [4.69, 9.17) is 12.2 Å². The van der Waals surface area contributed by atoms with Gasteiger partial charge >= 0.3 is 5.97 Å². The van der Waals surface area contributed by atoms with Crippen LogP contribution in [0.2, 0.25) is 0 Å². The van der Waals surface area contributed by atoms with Gasteiger partial charge in [0.05, 0.1) is 13.5 Å². The summed E-state index contributed by atoms with van der Waals surface area (Å²) in [5, 5.41) is 6.57. The molecule has 0 unspecified atom stereocenters. The molecule has 0 saturated carbocycles. The minimum atomic E-state index is -0.228. The molecule has 0 aliphatic heterocycles. The molecule has 0 saturated heterocycles. The molecule has 0 aromatic heterocycles. The number of esters is 1. The van der Waals surface area contributed by atoms with E-state index in [1.165, 1.54) is 7.11 Å². The molecule has 0 aliphatic carbocycles. The van der Waals surface area contributed by atoms with Crippen molar-refractivity contribution < 1.29 is 9.53 Å². The Bertz CT molecular complexity index is 186. The Labute approximate surface area is 90.4 Å². The molecule has 14 heavy (non-hydrogen) atoms. The van der Waals surface area contributed by atoms with Crippen LogP contribution in [0.25, 0.3) is 0 Å². The second kappa shape index (κ2) is 8.74. The number of nitrogens with one attached hydrogen (secondary N) is 2. The van der Waals surface area contributed by atoms with Gasteiger partial charge in [0.15, 0.2) is 5.11 Å². The molecular formula is C9H18N2O2S. The van der Waals surface area contributed by atoms with Gasteiger partial charge in [0.25, 0.3) is 0 Å². The van der Waals surface area contributed by atoms with E-state index in [1.54, 1.807) is 0 Å². The lowest BCUT2D eigenvalue weighted by molar-refractivity contribution is -0.140. The molecular weight excluding hydrogens is 200 g/mol. The van der Waals surface area contributed by atoms with Crippen LogP contribution in [0.3, 0.4) is 0 Å². The number of hydrogen-bond donors (Lipinski definition) is 2. The van der Waals surface area contributed by atoms with E-state index in [9.17, 15) is 4.79 Å². The van der Waals surface area contributed by atoms with E-state index in [2.05, 4.69) is 22.3 Å². The summed E-state index contributed by atoms with van der Waals surface area (Å²) in [6, 6.07) is 0. The highest BCUT2D eigenvalue weighted by Gasteiger charge is 1.99. The summed E-state index contributed by atoms with van der Waals surface area (Å²) in [6.07, 6.45) is 2.57. The van der Waals surface area contributed by atoms with Crippen LogP contribution in [-0.2, 0) is 9.53 Å². The van der Waals surface area contributed by atoms with Crippen LogP contribution in [0.5, 0.6) is 0 Å². The summed E-state index contributed by atoms with van der Waals surface area (Å²) < 4.78 is 4.49. The number of hydrogen-bond acceptors (Lipinski definition) is 3. The molecule has 0 aliphatic rings. The van der Waals surface area contributed by atoms with Crippen LogP contribution >= 0.6 is 12.2 Å². The molecule has 0 atom stereocenters. The number of methoxy groups -OCH3 is 1. The molecule has 0 fully saturated rings. The minimum absolute atomic E-state index is 0.228. The fourth-order valence-electron chi connectivity index (χ4n) is 0.821. The third kappa shape index (κ3) is 7.79. The van der Waals surface area contributed by atoms with Crippen molar-refractivity contribution in [2.75, 3.05) is 20.2 Å². The number of unbranched alkanes of at least 4 members (excludes halogenated alkanes) is 1. The lowest BCUT2D eigenvalue weighted by Gasteiger charge is -2.08. The van der Waals surface area contributed by atoms with Gasteiger partial charge in [-0.05, 0) is 18.6 Å². The van der Waals surface area contributed by atoms with Crippen LogP contribution < -0.4 is 10.6 Å². The standard InChI is InChI=1S/C9H18N2O2S/c1-3-4-6-10-9(14)11-7-5-8(12)13-2/h3-7H2,1-2H3,(H2,10,11,14). The zero-order valence-electron chi connectivity index (χ0n) is 8.76. The summed E-state index contributed by atoms with van der Waals surface area (Å²) >= 11 is 4.98. The van der Waals surface area contributed by atoms with Crippen LogP contribution in [0.15, 0.2) is 0 Å². The molecule has 0 amide bonds. The monoisotopic (exact) mass is 218 g/mol. The number of ether oxygens (including phenoxy) is 1. The highest BCUT2D eigenvalue weighted by molar-refractivity contribution is 7.80. The van der Waals surface area contributed by atoms with E-state index in [0.29, 0.717) is 18.1 Å². The molecule has 82 valence electrons. The Morgan fingerprint density at radius 1 is 1.36 bits per heavy atom. The molecule has 0 heterocycles. The largest absolute Gasteiger partial charge is 0.469 e. The minimum Gasteiger partial charge on any atom is -0.469 e. The molecule has 0 aromatic rings. The fourth-order valence-corrected chi connectivity index (χ4v) is 1.03. The zero-order valence-corrected chi connectivity index (χ0v) is 9.58. The van der Waals surface area contributed by atoms with Gasteiger partial charge in [-0.15, -0.1) is 0 Å². The Hall–Kier alpha value is -0.840. The van der Waals surface area contributed by atoms with E-state index < -0.39 is 0 Å². The van der Waals surface area contributed by atoms with Gasteiger partial charge in [-0.1, -0.05) is 13.3 Å². The van der Waals surface area contributed by atoms with Crippen molar-refractivity contribution in [2.24, 2.45) is 0 Å². The molecule has 0 bridgehead atoms. The van der Waals surface area contributed by atoms with Crippen molar-refractivity contribution in [1.82, 2.24) is 10.6 Å². The normalized spacial score (nSPS) is 9.29. The Morgan fingerprint density at radius 3 is 2.57 bits per heavy atom. The summed E-state index contributed by atoms with van der Waals surface area (Å²) in [6.45, 7) is 3.51. The molecule has 4 nitrogen and oxygen atoms in total. The molecule has 0 spiro atoms. The van der Waals surface area contributed by atoms with Crippen LogP contribution in [0, 0.1) is 0 Å². The van der Waals surface area contributed by atoms with Gasteiger partial charge in [-0.2, -0.15) is 0 Å². The first-order chi connectivity index (χ1) is 6.70. The van der Waals surface area contributed by atoms with E-state index in [-0.39, 0.29) is 5.97 Å². The first-order valence-corrected chi connectivity index (χ1v) is 5.20. The summed E-state index contributed by atoms with van der Waals surface area (Å²) in [7, 11) is 1.38. The van der Waals surface area contributed by atoms with Gasteiger partial charge in [0.1, 0.15) is 0 Å². The number of thiocarbonyl (C=S) groups is 1. The second-order valence-electron chi connectivity index (χ2n) is 2.86. The third-order valence-corrected chi connectivity index (χ3v) is 1.95. The van der Waals surface area contributed by atoms with Crippen molar-refractivity contribution in [3.8, 4) is 0 Å². The first-order valence-electron chi connectivity index (χ1n) is 4.79. The summed E-state index contributed by atoms with van der Waals surface area (Å²) in [5.41, 5.74) is 0. The van der Waals surface area contributed by atoms with E-state index in [1.807, 2.05) is 0 Å². The maximum Gasteiger partial charge on any atom is 0.307 e. The number of rotatable bonds is 6. The smallest absolute Gasteiger partial charge is 0.307 e. The van der Waals surface area contributed by atoms with Gasteiger partial charge in [-0.3, -0.25) is 4.79 Å². The van der Waals surface area contributed by atoms with Crippen molar-refractivity contribution in [2.45, 2.75) is 26.2 Å². The molecule has 0 rings (SSSR count). The molecule has 0 radical (unpaired) electrons. The van der Waals surface area contributed by atoms with Crippen LogP contribution in [-0.4, -0.2) is 31.3 Å². The fraction of sp³-hybridized carbons (Fsp3) is 0.778. The van der Waals surface area contributed by atoms with Crippen molar-refractivity contribution in [3.63, 3.8) is 0 Å². The lowest BCUT2D eigenvalue weighted by atomic mass is 10.3.